The van der Waals surface area contributed by atoms with Gasteiger partial charge in [-0.15, -0.1) is 6.58 Å². The summed E-state index contributed by atoms with van der Waals surface area (Å²) in [6.45, 7) is 6.83. The van der Waals surface area contributed by atoms with E-state index in [1.807, 2.05) is 16.7 Å². The summed E-state index contributed by atoms with van der Waals surface area (Å²) in [4.78, 5) is 28.9. The van der Waals surface area contributed by atoms with E-state index in [4.69, 9.17) is 9.47 Å². The summed E-state index contributed by atoms with van der Waals surface area (Å²) in [5.41, 5.74) is 1.90. The van der Waals surface area contributed by atoms with Gasteiger partial charge in [-0.1, -0.05) is 29.5 Å². The zero-order chi connectivity index (χ0) is 19.7. The van der Waals surface area contributed by atoms with Crippen molar-refractivity contribution in [1.82, 2.24) is 4.57 Å². The second kappa shape index (κ2) is 7.44. The first-order chi connectivity index (χ1) is 13.6. The van der Waals surface area contributed by atoms with Crippen LogP contribution in [0.1, 0.15) is 27.6 Å². The fraction of sp³-hybridized carbons (Fsp3) is 0.190. The van der Waals surface area contributed by atoms with E-state index in [1.54, 1.807) is 30.3 Å². The molecule has 28 heavy (non-hydrogen) atoms. The van der Waals surface area contributed by atoms with Gasteiger partial charge >= 0.3 is 0 Å². The summed E-state index contributed by atoms with van der Waals surface area (Å²) in [5.74, 6) is 0.977. The molecule has 0 saturated carbocycles. The Hall–Kier alpha value is -3.19. The van der Waals surface area contributed by atoms with Crippen LogP contribution >= 0.6 is 11.3 Å². The monoisotopic (exact) mass is 394 g/mol. The molecule has 0 unspecified atom stereocenters. The molecule has 0 spiro atoms. The topological polar surface area (TPSA) is 69.9 Å². The van der Waals surface area contributed by atoms with E-state index >= 15 is 0 Å². The molecule has 0 atom stereocenters. The molecule has 1 aliphatic heterocycles. The van der Waals surface area contributed by atoms with Gasteiger partial charge in [-0.2, -0.15) is 4.99 Å². The number of carbonyl (C=O) groups excluding carboxylic acids is 2. The standard InChI is InChI=1S/C21H18N2O4S/c1-3-8-23-16-11-17-18(27-10-9-26-17)12-19(16)28-21(23)22-20(25)15-6-4-14(5-7-15)13(2)24/h3-7,11-12H,1,8-10H2,2H3. The van der Waals surface area contributed by atoms with Crippen molar-refractivity contribution in [3.63, 3.8) is 0 Å². The Balaban J connectivity index is 1.79. The first-order valence-electron chi connectivity index (χ1n) is 8.81. The average molecular weight is 394 g/mol. The summed E-state index contributed by atoms with van der Waals surface area (Å²) in [5, 5.41) is 0. The van der Waals surface area contributed by atoms with Gasteiger partial charge in [0.15, 0.2) is 22.1 Å². The number of hydrogen-bond donors (Lipinski definition) is 0. The van der Waals surface area contributed by atoms with Crippen molar-refractivity contribution in [2.45, 2.75) is 13.5 Å². The Labute approximate surface area is 165 Å². The van der Waals surface area contributed by atoms with Crippen molar-refractivity contribution in [2.24, 2.45) is 4.99 Å². The number of carbonyl (C=O) groups is 2. The maximum absolute atomic E-state index is 12.7. The highest BCUT2D eigenvalue weighted by Crippen LogP contribution is 2.35. The van der Waals surface area contributed by atoms with Crippen molar-refractivity contribution in [3.8, 4) is 11.5 Å². The van der Waals surface area contributed by atoms with Gasteiger partial charge in [0.25, 0.3) is 5.91 Å². The maximum atomic E-state index is 12.7. The summed E-state index contributed by atoms with van der Waals surface area (Å²) in [6.07, 6.45) is 1.76. The first kappa shape index (κ1) is 18.2. The predicted octanol–water partition coefficient (Wildman–Crippen LogP) is 3.60. The Bertz CT molecular complexity index is 1160. The quantitative estimate of drug-likeness (QED) is 0.501. The number of Topliss-reactive ketones (excluding diaryl/α,β-unsaturated/α-hetero) is 1. The van der Waals surface area contributed by atoms with Crippen molar-refractivity contribution in [3.05, 3.63) is 65.0 Å². The van der Waals surface area contributed by atoms with E-state index in [9.17, 15) is 9.59 Å². The number of rotatable bonds is 4. The Morgan fingerprint density at radius 3 is 2.43 bits per heavy atom. The van der Waals surface area contributed by atoms with Crippen molar-refractivity contribution in [1.29, 1.82) is 0 Å². The highest BCUT2D eigenvalue weighted by atomic mass is 32.1. The molecule has 1 aromatic heterocycles. The summed E-state index contributed by atoms with van der Waals surface area (Å²) < 4.78 is 14.2. The third-order valence-electron chi connectivity index (χ3n) is 4.39. The number of benzene rings is 2. The van der Waals surface area contributed by atoms with Crippen LogP contribution in [0.3, 0.4) is 0 Å². The molecule has 142 valence electrons. The van der Waals surface area contributed by atoms with Gasteiger partial charge < -0.3 is 14.0 Å². The SMILES string of the molecule is C=CCn1c(=NC(=O)c2ccc(C(C)=O)cc2)sc2cc3c(cc21)OCCO3. The third kappa shape index (κ3) is 3.36. The minimum Gasteiger partial charge on any atom is -0.486 e. The largest absolute Gasteiger partial charge is 0.486 e. The number of ketones is 1. The van der Waals surface area contributed by atoms with E-state index in [-0.39, 0.29) is 11.7 Å². The van der Waals surface area contributed by atoms with Gasteiger partial charge in [0.1, 0.15) is 13.2 Å². The van der Waals surface area contributed by atoms with E-state index in [0.29, 0.717) is 47.2 Å². The number of amides is 1. The highest BCUT2D eigenvalue weighted by molar-refractivity contribution is 7.16. The molecule has 1 aliphatic rings. The lowest BCUT2D eigenvalue weighted by Gasteiger charge is -2.18. The highest BCUT2D eigenvalue weighted by Gasteiger charge is 2.16. The van der Waals surface area contributed by atoms with Gasteiger partial charge in [0.2, 0.25) is 0 Å². The average Bonchev–Trinajstić information content (AvgIpc) is 3.02. The molecule has 7 heteroatoms. The molecule has 0 fully saturated rings. The first-order valence-corrected chi connectivity index (χ1v) is 9.62. The minimum atomic E-state index is -0.364. The normalized spacial score (nSPS) is 13.5. The smallest absolute Gasteiger partial charge is 0.279 e. The lowest BCUT2D eigenvalue weighted by atomic mass is 10.1. The van der Waals surface area contributed by atoms with Gasteiger partial charge in [-0.3, -0.25) is 9.59 Å². The molecule has 2 heterocycles. The predicted molar refractivity (Wildman–Crippen MR) is 107 cm³/mol. The van der Waals surface area contributed by atoms with E-state index in [1.165, 1.54) is 18.3 Å². The molecule has 4 rings (SSSR count). The molecule has 2 aromatic carbocycles. The Morgan fingerprint density at radius 2 is 1.79 bits per heavy atom. The lowest BCUT2D eigenvalue weighted by Crippen LogP contribution is -2.17. The zero-order valence-electron chi connectivity index (χ0n) is 15.3. The van der Waals surface area contributed by atoms with Gasteiger partial charge in [-0.05, 0) is 19.1 Å². The van der Waals surface area contributed by atoms with Gasteiger partial charge in [0, 0.05) is 29.8 Å². The number of aromatic nitrogens is 1. The van der Waals surface area contributed by atoms with E-state index in [0.717, 1.165) is 10.2 Å². The van der Waals surface area contributed by atoms with E-state index in [2.05, 4.69) is 11.6 Å². The summed E-state index contributed by atoms with van der Waals surface area (Å²) >= 11 is 1.41. The molecular formula is C21H18N2O4S. The minimum absolute atomic E-state index is 0.0438. The van der Waals surface area contributed by atoms with Crippen LogP contribution in [-0.4, -0.2) is 29.5 Å². The molecule has 3 aromatic rings. The number of hydrogen-bond acceptors (Lipinski definition) is 5. The second-order valence-electron chi connectivity index (χ2n) is 6.30. The van der Waals surface area contributed by atoms with Crippen molar-refractivity contribution >= 4 is 33.2 Å². The Kier molecular flexibility index (Phi) is 4.83. The van der Waals surface area contributed by atoms with E-state index < -0.39 is 0 Å². The third-order valence-corrected chi connectivity index (χ3v) is 5.44. The number of ether oxygens (including phenoxy) is 2. The number of thiazole rings is 1. The molecule has 0 saturated heterocycles. The lowest BCUT2D eigenvalue weighted by molar-refractivity contribution is 0.0991. The molecule has 0 bridgehead atoms. The number of fused-ring (bicyclic) bond motifs is 2. The van der Waals surface area contributed by atoms with Crippen LogP contribution in [0.5, 0.6) is 11.5 Å². The summed E-state index contributed by atoms with van der Waals surface area (Å²) in [7, 11) is 0. The van der Waals surface area contributed by atoms with Crippen LogP contribution in [0.15, 0.2) is 54.0 Å². The molecule has 6 nitrogen and oxygen atoms in total. The van der Waals surface area contributed by atoms with Crippen LogP contribution in [0.4, 0.5) is 0 Å². The van der Waals surface area contributed by atoms with Crippen LogP contribution in [0, 0.1) is 0 Å². The zero-order valence-corrected chi connectivity index (χ0v) is 16.1. The number of nitrogens with zero attached hydrogens (tertiary/aromatic N) is 2. The van der Waals surface area contributed by atoms with Crippen LogP contribution in [0.2, 0.25) is 0 Å². The van der Waals surface area contributed by atoms with Crippen LogP contribution in [-0.2, 0) is 6.54 Å². The fourth-order valence-electron chi connectivity index (χ4n) is 3.00. The van der Waals surface area contributed by atoms with Crippen LogP contribution < -0.4 is 14.3 Å². The Morgan fingerprint density at radius 1 is 1.14 bits per heavy atom. The van der Waals surface area contributed by atoms with Gasteiger partial charge in [-0.25, -0.2) is 0 Å². The maximum Gasteiger partial charge on any atom is 0.279 e. The molecular weight excluding hydrogens is 376 g/mol. The molecule has 0 aliphatic carbocycles. The molecule has 0 radical (unpaired) electrons. The van der Waals surface area contributed by atoms with Crippen molar-refractivity contribution in [2.75, 3.05) is 13.2 Å². The number of allylic oxidation sites excluding steroid dienone is 1. The fourth-order valence-corrected chi connectivity index (χ4v) is 4.04. The molecule has 0 N–H and O–H groups in total. The second-order valence-corrected chi connectivity index (χ2v) is 7.31. The summed E-state index contributed by atoms with van der Waals surface area (Å²) in [6, 6.07) is 10.3. The van der Waals surface area contributed by atoms with Gasteiger partial charge in [0.05, 0.1) is 10.2 Å². The molecule has 1 amide bonds. The van der Waals surface area contributed by atoms with Crippen LogP contribution in [0.25, 0.3) is 10.2 Å². The van der Waals surface area contributed by atoms with Crippen molar-refractivity contribution < 1.29 is 19.1 Å².